The molecule has 19 heavy (non-hydrogen) atoms. The van der Waals surface area contributed by atoms with Crippen molar-refractivity contribution in [3.8, 4) is 0 Å². The van der Waals surface area contributed by atoms with Gasteiger partial charge < -0.3 is 5.32 Å². The summed E-state index contributed by atoms with van der Waals surface area (Å²) in [6, 6.07) is 0.158. The molecule has 7 heteroatoms. The molecule has 0 aliphatic carbocycles. The molecule has 0 aliphatic rings. The van der Waals surface area contributed by atoms with Gasteiger partial charge in [0.15, 0.2) is 5.65 Å². The fraction of sp³-hybridized carbons (Fsp3) is 0.333. The lowest BCUT2D eigenvalue weighted by molar-refractivity contribution is 0.782. The molecule has 3 heterocycles. The van der Waals surface area contributed by atoms with Crippen LogP contribution in [0.5, 0.6) is 0 Å². The van der Waals surface area contributed by atoms with Crippen LogP contribution < -0.4 is 5.32 Å². The van der Waals surface area contributed by atoms with E-state index in [1.807, 2.05) is 25.7 Å². The van der Waals surface area contributed by atoms with Crippen LogP contribution in [0.2, 0.25) is 0 Å². The lowest BCUT2D eigenvalue weighted by atomic mass is 10.3. The van der Waals surface area contributed by atoms with E-state index in [-0.39, 0.29) is 6.04 Å². The summed E-state index contributed by atoms with van der Waals surface area (Å²) in [6.45, 7) is 3.97. The van der Waals surface area contributed by atoms with Gasteiger partial charge >= 0.3 is 0 Å². The first-order valence-electron chi connectivity index (χ1n) is 5.96. The van der Waals surface area contributed by atoms with Crippen LogP contribution in [0.4, 0.5) is 5.82 Å². The third-order valence-corrected chi connectivity index (χ3v) is 3.89. The van der Waals surface area contributed by atoms with Gasteiger partial charge in [0.2, 0.25) is 0 Å². The maximum atomic E-state index is 4.47. The SMILES string of the molecule is Cc1nc(N[C@@H](C)c2cncs2)c2cnn(C)c2n1. The molecule has 0 aliphatic heterocycles. The summed E-state index contributed by atoms with van der Waals surface area (Å²) in [7, 11) is 1.88. The van der Waals surface area contributed by atoms with Crippen molar-refractivity contribution in [2.24, 2.45) is 7.05 Å². The Labute approximate surface area is 114 Å². The van der Waals surface area contributed by atoms with Gasteiger partial charge in [0.05, 0.1) is 23.1 Å². The quantitative estimate of drug-likeness (QED) is 0.793. The summed E-state index contributed by atoms with van der Waals surface area (Å²) in [5.41, 5.74) is 2.67. The molecule has 3 aromatic rings. The molecule has 0 amide bonds. The lowest BCUT2D eigenvalue weighted by Gasteiger charge is -2.13. The summed E-state index contributed by atoms with van der Waals surface area (Å²) in [4.78, 5) is 14.2. The zero-order chi connectivity index (χ0) is 13.4. The van der Waals surface area contributed by atoms with E-state index in [1.54, 1.807) is 22.2 Å². The third kappa shape index (κ3) is 2.17. The number of fused-ring (bicyclic) bond motifs is 1. The standard InChI is InChI=1S/C12H14N6S/c1-7(10-5-13-6-19-10)15-11-9-4-14-18(3)12(9)17-8(2)16-11/h4-7H,1-3H3,(H,15,16,17)/t7-/m0/s1. The molecule has 0 bridgehead atoms. The number of hydrogen-bond acceptors (Lipinski definition) is 6. The van der Waals surface area contributed by atoms with Crippen LogP contribution in [0.25, 0.3) is 11.0 Å². The maximum absolute atomic E-state index is 4.47. The lowest BCUT2D eigenvalue weighted by Crippen LogP contribution is -2.08. The van der Waals surface area contributed by atoms with Gasteiger partial charge in [0.1, 0.15) is 11.6 Å². The molecule has 0 saturated carbocycles. The molecule has 0 fully saturated rings. The highest BCUT2D eigenvalue weighted by Crippen LogP contribution is 2.25. The van der Waals surface area contributed by atoms with E-state index >= 15 is 0 Å². The molecule has 0 radical (unpaired) electrons. The third-order valence-electron chi connectivity index (χ3n) is 2.94. The van der Waals surface area contributed by atoms with Crippen LogP contribution in [0.3, 0.4) is 0 Å². The van der Waals surface area contributed by atoms with Crippen LogP contribution >= 0.6 is 11.3 Å². The minimum absolute atomic E-state index is 0.158. The zero-order valence-corrected chi connectivity index (χ0v) is 11.8. The van der Waals surface area contributed by atoms with Gasteiger partial charge in [0, 0.05) is 18.1 Å². The van der Waals surface area contributed by atoms with E-state index in [2.05, 4.69) is 32.3 Å². The number of rotatable bonds is 3. The van der Waals surface area contributed by atoms with Crippen molar-refractivity contribution in [1.29, 1.82) is 0 Å². The molecule has 0 spiro atoms. The molecule has 0 unspecified atom stereocenters. The highest BCUT2D eigenvalue weighted by molar-refractivity contribution is 7.09. The second-order valence-electron chi connectivity index (χ2n) is 4.39. The molecule has 1 atom stereocenters. The van der Waals surface area contributed by atoms with Crippen molar-refractivity contribution in [1.82, 2.24) is 24.7 Å². The number of nitrogens with zero attached hydrogens (tertiary/aromatic N) is 5. The molecule has 1 N–H and O–H groups in total. The van der Waals surface area contributed by atoms with Gasteiger partial charge in [-0.3, -0.25) is 9.67 Å². The maximum Gasteiger partial charge on any atom is 0.163 e. The summed E-state index contributed by atoms with van der Waals surface area (Å²) < 4.78 is 1.76. The second-order valence-corrected chi connectivity index (χ2v) is 5.31. The van der Waals surface area contributed by atoms with Crippen molar-refractivity contribution in [3.05, 3.63) is 28.6 Å². The van der Waals surface area contributed by atoms with Crippen LogP contribution in [-0.4, -0.2) is 24.7 Å². The largest absolute Gasteiger partial charge is 0.362 e. The number of aromatic nitrogens is 5. The zero-order valence-electron chi connectivity index (χ0n) is 11.0. The van der Waals surface area contributed by atoms with Gasteiger partial charge in [0.25, 0.3) is 0 Å². The number of nitrogens with one attached hydrogen (secondary N) is 1. The minimum atomic E-state index is 0.158. The van der Waals surface area contributed by atoms with E-state index in [9.17, 15) is 0 Å². The number of thiazole rings is 1. The topological polar surface area (TPSA) is 68.5 Å². The fourth-order valence-corrected chi connectivity index (χ4v) is 2.58. The monoisotopic (exact) mass is 274 g/mol. The van der Waals surface area contributed by atoms with Crippen molar-refractivity contribution < 1.29 is 0 Å². The van der Waals surface area contributed by atoms with E-state index in [4.69, 9.17) is 0 Å². The first kappa shape index (κ1) is 12.0. The highest BCUT2D eigenvalue weighted by Gasteiger charge is 2.13. The van der Waals surface area contributed by atoms with Gasteiger partial charge in [-0.1, -0.05) is 0 Å². The Morgan fingerprint density at radius 1 is 1.32 bits per heavy atom. The van der Waals surface area contributed by atoms with Gasteiger partial charge in [-0.05, 0) is 13.8 Å². The van der Waals surface area contributed by atoms with E-state index in [0.717, 1.165) is 22.7 Å². The molecule has 0 aromatic carbocycles. The van der Waals surface area contributed by atoms with Crippen molar-refractivity contribution in [3.63, 3.8) is 0 Å². The van der Waals surface area contributed by atoms with Crippen LogP contribution in [0.1, 0.15) is 23.7 Å². The Morgan fingerprint density at radius 3 is 2.89 bits per heavy atom. The molecule has 3 rings (SSSR count). The van der Waals surface area contributed by atoms with Gasteiger partial charge in [-0.2, -0.15) is 5.10 Å². The molecule has 6 nitrogen and oxygen atoms in total. The molecular formula is C12H14N6S. The normalized spacial score (nSPS) is 12.8. The Balaban J connectivity index is 2.00. The van der Waals surface area contributed by atoms with Crippen LogP contribution in [-0.2, 0) is 7.05 Å². The van der Waals surface area contributed by atoms with E-state index in [0.29, 0.717) is 0 Å². The Bertz CT molecular complexity index is 702. The molecular weight excluding hydrogens is 260 g/mol. The predicted octanol–water partition coefficient (Wildman–Crippen LogP) is 2.30. The summed E-state index contributed by atoms with van der Waals surface area (Å²) in [5, 5.41) is 8.57. The Kier molecular flexibility index (Phi) is 2.90. The van der Waals surface area contributed by atoms with Crippen molar-refractivity contribution in [2.45, 2.75) is 19.9 Å². The van der Waals surface area contributed by atoms with Crippen molar-refractivity contribution in [2.75, 3.05) is 5.32 Å². The first-order chi connectivity index (χ1) is 9.15. The minimum Gasteiger partial charge on any atom is -0.362 e. The van der Waals surface area contributed by atoms with E-state index in [1.165, 1.54) is 4.88 Å². The molecule has 3 aromatic heterocycles. The van der Waals surface area contributed by atoms with E-state index < -0.39 is 0 Å². The molecule has 0 saturated heterocycles. The highest BCUT2D eigenvalue weighted by atomic mass is 32.1. The van der Waals surface area contributed by atoms with Gasteiger partial charge in [-0.15, -0.1) is 11.3 Å². The predicted molar refractivity (Wildman–Crippen MR) is 75.2 cm³/mol. The average molecular weight is 274 g/mol. The summed E-state index contributed by atoms with van der Waals surface area (Å²) in [5.74, 6) is 1.55. The Morgan fingerprint density at radius 2 is 2.16 bits per heavy atom. The Hall–Kier alpha value is -2.02. The number of hydrogen-bond donors (Lipinski definition) is 1. The number of anilines is 1. The van der Waals surface area contributed by atoms with Crippen LogP contribution in [0.15, 0.2) is 17.9 Å². The first-order valence-corrected chi connectivity index (χ1v) is 6.84. The van der Waals surface area contributed by atoms with Gasteiger partial charge in [-0.25, -0.2) is 9.97 Å². The molecule has 98 valence electrons. The number of aryl methyl sites for hydroxylation is 2. The fourth-order valence-electron chi connectivity index (χ4n) is 1.96. The summed E-state index contributed by atoms with van der Waals surface area (Å²) in [6.07, 6.45) is 3.66. The summed E-state index contributed by atoms with van der Waals surface area (Å²) >= 11 is 1.63. The van der Waals surface area contributed by atoms with Crippen LogP contribution in [0, 0.1) is 6.92 Å². The second kappa shape index (κ2) is 4.58. The average Bonchev–Trinajstić information content (AvgIpc) is 3.00. The van der Waals surface area contributed by atoms with Crippen molar-refractivity contribution >= 4 is 28.2 Å². The smallest absolute Gasteiger partial charge is 0.163 e.